The number of hydrogen-bond acceptors (Lipinski definition) is 2. The molecule has 1 saturated heterocycles. The zero-order valence-corrected chi connectivity index (χ0v) is 7.16. The first kappa shape index (κ1) is 7.56. The largest absolute Gasteiger partial charge is 0.396 e. The molecular formula is C9H17NO. The lowest BCUT2D eigenvalue weighted by molar-refractivity contribution is 0.218. The van der Waals surface area contributed by atoms with Crippen molar-refractivity contribution in [1.29, 1.82) is 0 Å². The highest BCUT2D eigenvalue weighted by Crippen LogP contribution is 2.37. The number of rotatable bonds is 2. The van der Waals surface area contributed by atoms with Crippen molar-refractivity contribution in [3.8, 4) is 0 Å². The van der Waals surface area contributed by atoms with Gasteiger partial charge in [-0.05, 0) is 31.2 Å². The van der Waals surface area contributed by atoms with Crippen LogP contribution in [0.1, 0.15) is 19.8 Å². The van der Waals surface area contributed by atoms with Crippen LogP contribution in [0.15, 0.2) is 0 Å². The molecule has 1 saturated carbocycles. The van der Waals surface area contributed by atoms with Gasteiger partial charge in [0.1, 0.15) is 0 Å². The minimum atomic E-state index is 0.387. The summed E-state index contributed by atoms with van der Waals surface area (Å²) >= 11 is 0. The van der Waals surface area contributed by atoms with E-state index in [0.717, 1.165) is 18.5 Å². The third kappa shape index (κ3) is 1.42. The quantitative estimate of drug-likeness (QED) is 0.635. The Morgan fingerprint density at radius 3 is 2.73 bits per heavy atom. The smallest absolute Gasteiger partial charge is 0.0471 e. The van der Waals surface area contributed by atoms with Crippen LogP contribution < -0.4 is 0 Å². The third-order valence-electron chi connectivity index (χ3n) is 3.11. The first-order valence-corrected chi connectivity index (χ1v) is 4.66. The molecule has 1 heterocycles. The normalized spacial score (nSPS) is 44.7. The van der Waals surface area contributed by atoms with E-state index < -0.39 is 0 Å². The van der Waals surface area contributed by atoms with Gasteiger partial charge in [-0.3, -0.25) is 4.90 Å². The summed E-state index contributed by atoms with van der Waals surface area (Å²) in [4.78, 5) is 2.55. The van der Waals surface area contributed by atoms with Crippen LogP contribution in [0.25, 0.3) is 0 Å². The SMILES string of the molecule is CC1CC1N1CCC(CO)C1. The lowest BCUT2D eigenvalue weighted by Crippen LogP contribution is -2.24. The van der Waals surface area contributed by atoms with E-state index in [9.17, 15) is 0 Å². The standard InChI is InChI=1S/C9H17NO/c1-7-4-9(7)10-3-2-8(5-10)6-11/h7-9,11H,2-6H2,1H3. The maximum absolute atomic E-state index is 8.93. The van der Waals surface area contributed by atoms with Crippen molar-refractivity contribution in [1.82, 2.24) is 4.90 Å². The Bertz CT molecular complexity index is 148. The van der Waals surface area contributed by atoms with Crippen LogP contribution in [0.3, 0.4) is 0 Å². The Morgan fingerprint density at radius 2 is 2.27 bits per heavy atom. The molecule has 0 amide bonds. The molecule has 0 aromatic heterocycles. The van der Waals surface area contributed by atoms with E-state index in [2.05, 4.69) is 11.8 Å². The number of aliphatic hydroxyl groups is 1. The summed E-state index contributed by atoms with van der Waals surface area (Å²) in [6, 6.07) is 0.867. The van der Waals surface area contributed by atoms with E-state index in [4.69, 9.17) is 5.11 Å². The Kier molecular flexibility index (Phi) is 1.90. The van der Waals surface area contributed by atoms with Crippen LogP contribution in [0, 0.1) is 11.8 Å². The molecule has 2 rings (SSSR count). The highest BCUT2D eigenvalue weighted by Gasteiger charge is 2.40. The fourth-order valence-electron chi connectivity index (χ4n) is 2.12. The van der Waals surface area contributed by atoms with Crippen molar-refractivity contribution in [3.05, 3.63) is 0 Å². The predicted molar refractivity (Wildman–Crippen MR) is 44.3 cm³/mol. The average Bonchev–Trinajstić information content (AvgIpc) is 2.59. The molecule has 1 aliphatic carbocycles. The van der Waals surface area contributed by atoms with Crippen molar-refractivity contribution in [2.24, 2.45) is 11.8 Å². The molecule has 64 valence electrons. The second kappa shape index (κ2) is 2.76. The minimum Gasteiger partial charge on any atom is -0.396 e. The summed E-state index contributed by atoms with van der Waals surface area (Å²) in [6.07, 6.45) is 2.60. The summed E-state index contributed by atoms with van der Waals surface area (Å²) < 4.78 is 0. The molecular weight excluding hydrogens is 138 g/mol. The highest BCUT2D eigenvalue weighted by atomic mass is 16.3. The summed E-state index contributed by atoms with van der Waals surface area (Å²) in [6.45, 7) is 5.07. The predicted octanol–water partition coefficient (Wildman–Crippen LogP) is 0.709. The number of nitrogens with zero attached hydrogens (tertiary/aromatic N) is 1. The lowest BCUT2D eigenvalue weighted by Gasteiger charge is -2.14. The average molecular weight is 155 g/mol. The van der Waals surface area contributed by atoms with Crippen LogP contribution in [-0.4, -0.2) is 35.7 Å². The Balaban J connectivity index is 1.81. The fourth-order valence-corrected chi connectivity index (χ4v) is 2.12. The van der Waals surface area contributed by atoms with Crippen molar-refractivity contribution in [2.45, 2.75) is 25.8 Å². The van der Waals surface area contributed by atoms with Gasteiger partial charge in [0.2, 0.25) is 0 Å². The highest BCUT2D eigenvalue weighted by molar-refractivity contribution is 4.94. The van der Waals surface area contributed by atoms with Crippen molar-refractivity contribution < 1.29 is 5.11 Å². The van der Waals surface area contributed by atoms with E-state index in [1.807, 2.05) is 0 Å². The van der Waals surface area contributed by atoms with Crippen molar-refractivity contribution in [3.63, 3.8) is 0 Å². The van der Waals surface area contributed by atoms with Gasteiger partial charge in [0, 0.05) is 19.2 Å². The Labute approximate surface area is 68.2 Å². The second-order valence-corrected chi connectivity index (χ2v) is 4.11. The number of hydrogen-bond donors (Lipinski definition) is 1. The van der Waals surface area contributed by atoms with Crippen LogP contribution >= 0.6 is 0 Å². The molecule has 0 aromatic carbocycles. The van der Waals surface area contributed by atoms with Gasteiger partial charge in [-0.2, -0.15) is 0 Å². The summed E-state index contributed by atoms with van der Waals surface area (Å²) in [5.41, 5.74) is 0. The van der Waals surface area contributed by atoms with E-state index in [-0.39, 0.29) is 0 Å². The Morgan fingerprint density at radius 1 is 1.55 bits per heavy atom. The molecule has 2 aliphatic rings. The molecule has 2 heteroatoms. The van der Waals surface area contributed by atoms with E-state index in [1.165, 1.54) is 19.4 Å². The Hall–Kier alpha value is -0.0800. The first-order chi connectivity index (χ1) is 5.31. The molecule has 11 heavy (non-hydrogen) atoms. The van der Waals surface area contributed by atoms with Gasteiger partial charge in [-0.25, -0.2) is 0 Å². The molecule has 3 atom stereocenters. The van der Waals surface area contributed by atoms with Crippen LogP contribution in [0.5, 0.6) is 0 Å². The molecule has 0 bridgehead atoms. The molecule has 0 aromatic rings. The van der Waals surface area contributed by atoms with Gasteiger partial charge in [-0.15, -0.1) is 0 Å². The van der Waals surface area contributed by atoms with E-state index >= 15 is 0 Å². The molecule has 1 N–H and O–H groups in total. The summed E-state index contributed by atoms with van der Waals surface area (Å²) in [7, 11) is 0. The molecule has 3 unspecified atom stereocenters. The van der Waals surface area contributed by atoms with Gasteiger partial charge in [0.15, 0.2) is 0 Å². The zero-order chi connectivity index (χ0) is 7.84. The van der Waals surface area contributed by atoms with Gasteiger partial charge in [0.25, 0.3) is 0 Å². The van der Waals surface area contributed by atoms with Crippen LogP contribution in [0.2, 0.25) is 0 Å². The molecule has 0 spiro atoms. The van der Waals surface area contributed by atoms with Crippen LogP contribution in [-0.2, 0) is 0 Å². The van der Waals surface area contributed by atoms with Gasteiger partial charge in [-0.1, -0.05) is 6.92 Å². The molecule has 0 radical (unpaired) electrons. The zero-order valence-electron chi connectivity index (χ0n) is 7.16. The number of likely N-dealkylation sites (tertiary alicyclic amines) is 1. The fraction of sp³-hybridized carbons (Fsp3) is 1.00. The lowest BCUT2D eigenvalue weighted by atomic mass is 10.1. The maximum Gasteiger partial charge on any atom is 0.0471 e. The van der Waals surface area contributed by atoms with Crippen molar-refractivity contribution in [2.75, 3.05) is 19.7 Å². The van der Waals surface area contributed by atoms with Gasteiger partial charge < -0.3 is 5.11 Å². The number of aliphatic hydroxyl groups excluding tert-OH is 1. The minimum absolute atomic E-state index is 0.387. The molecule has 2 nitrogen and oxygen atoms in total. The third-order valence-corrected chi connectivity index (χ3v) is 3.11. The summed E-state index contributed by atoms with van der Waals surface area (Å²) in [5, 5.41) is 8.93. The van der Waals surface area contributed by atoms with E-state index in [0.29, 0.717) is 12.5 Å². The van der Waals surface area contributed by atoms with Gasteiger partial charge >= 0.3 is 0 Å². The van der Waals surface area contributed by atoms with Gasteiger partial charge in [0.05, 0.1) is 0 Å². The molecule has 1 aliphatic heterocycles. The second-order valence-electron chi connectivity index (χ2n) is 4.11. The van der Waals surface area contributed by atoms with Crippen LogP contribution in [0.4, 0.5) is 0 Å². The molecule has 2 fully saturated rings. The first-order valence-electron chi connectivity index (χ1n) is 4.66. The van der Waals surface area contributed by atoms with E-state index in [1.54, 1.807) is 0 Å². The monoisotopic (exact) mass is 155 g/mol. The topological polar surface area (TPSA) is 23.5 Å². The van der Waals surface area contributed by atoms with Crippen molar-refractivity contribution >= 4 is 0 Å². The maximum atomic E-state index is 8.93. The summed E-state index contributed by atoms with van der Waals surface area (Å²) in [5.74, 6) is 1.50.